The van der Waals surface area contributed by atoms with Crippen LogP contribution in [-0.4, -0.2) is 31.8 Å². The fraction of sp³-hybridized carbons (Fsp3) is 0.769. The van der Waals surface area contributed by atoms with Crippen molar-refractivity contribution in [1.29, 1.82) is 0 Å². The normalized spacial score (nSPS) is 14.8. The number of nitrogens with one attached hydrogen (secondary N) is 1. The standard InChI is InChI=1S/C13H24N2OS/c1-4-5-13(2,10-14-6-7-16-3)8-12-9-17-11-15-12/h9,11,14H,4-8,10H2,1-3H3. The molecule has 1 rings (SSSR count). The highest BCUT2D eigenvalue weighted by atomic mass is 32.1. The van der Waals surface area contributed by atoms with Crippen LogP contribution in [0.5, 0.6) is 0 Å². The number of aromatic nitrogens is 1. The minimum Gasteiger partial charge on any atom is -0.383 e. The Morgan fingerprint density at radius 3 is 2.94 bits per heavy atom. The van der Waals surface area contributed by atoms with E-state index in [0.29, 0.717) is 5.41 Å². The Balaban J connectivity index is 2.43. The van der Waals surface area contributed by atoms with E-state index < -0.39 is 0 Å². The van der Waals surface area contributed by atoms with Crippen molar-refractivity contribution in [2.75, 3.05) is 26.8 Å². The van der Waals surface area contributed by atoms with E-state index in [1.807, 2.05) is 5.51 Å². The fourth-order valence-corrected chi connectivity index (χ4v) is 2.73. The van der Waals surface area contributed by atoms with Crippen LogP contribution in [0.4, 0.5) is 0 Å². The maximum Gasteiger partial charge on any atom is 0.0794 e. The highest BCUT2D eigenvalue weighted by molar-refractivity contribution is 7.07. The molecule has 1 aromatic heterocycles. The van der Waals surface area contributed by atoms with Gasteiger partial charge in [0.25, 0.3) is 0 Å². The van der Waals surface area contributed by atoms with E-state index in [2.05, 4.69) is 29.5 Å². The molecule has 1 unspecified atom stereocenters. The quantitative estimate of drug-likeness (QED) is 0.690. The van der Waals surface area contributed by atoms with Crippen LogP contribution < -0.4 is 5.32 Å². The number of ether oxygens (including phenoxy) is 1. The molecule has 17 heavy (non-hydrogen) atoms. The molecule has 0 bridgehead atoms. The van der Waals surface area contributed by atoms with Crippen molar-refractivity contribution in [2.24, 2.45) is 5.41 Å². The Labute approximate surface area is 109 Å². The molecule has 0 aliphatic carbocycles. The van der Waals surface area contributed by atoms with Crippen LogP contribution in [0, 0.1) is 5.41 Å². The van der Waals surface area contributed by atoms with Crippen LogP contribution in [0.25, 0.3) is 0 Å². The highest BCUT2D eigenvalue weighted by Crippen LogP contribution is 2.27. The average molecular weight is 256 g/mol. The van der Waals surface area contributed by atoms with Gasteiger partial charge in [0, 0.05) is 25.6 Å². The van der Waals surface area contributed by atoms with E-state index in [0.717, 1.165) is 26.1 Å². The summed E-state index contributed by atoms with van der Waals surface area (Å²) in [5, 5.41) is 5.63. The van der Waals surface area contributed by atoms with Gasteiger partial charge in [-0.15, -0.1) is 11.3 Å². The zero-order valence-corrected chi connectivity index (χ0v) is 12.0. The van der Waals surface area contributed by atoms with Crippen molar-refractivity contribution in [3.63, 3.8) is 0 Å². The van der Waals surface area contributed by atoms with Gasteiger partial charge in [0.2, 0.25) is 0 Å². The molecule has 0 amide bonds. The number of rotatable bonds is 9. The summed E-state index contributed by atoms with van der Waals surface area (Å²) >= 11 is 1.68. The van der Waals surface area contributed by atoms with Crippen molar-refractivity contribution in [3.05, 3.63) is 16.6 Å². The summed E-state index contributed by atoms with van der Waals surface area (Å²) in [6, 6.07) is 0. The van der Waals surface area contributed by atoms with Gasteiger partial charge in [-0.1, -0.05) is 20.3 Å². The number of nitrogens with zero attached hydrogens (tertiary/aromatic N) is 1. The summed E-state index contributed by atoms with van der Waals surface area (Å²) in [4.78, 5) is 4.39. The van der Waals surface area contributed by atoms with Crippen LogP contribution in [0.1, 0.15) is 32.4 Å². The predicted octanol–water partition coefficient (Wildman–Crippen LogP) is 2.73. The summed E-state index contributed by atoms with van der Waals surface area (Å²) in [7, 11) is 1.74. The largest absolute Gasteiger partial charge is 0.383 e. The van der Waals surface area contributed by atoms with Crippen molar-refractivity contribution in [3.8, 4) is 0 Å². The lowest BCUT2D eigenvalue weighted by atomic mass is 9.81. The molecule has 0 spiro atoms. The first kappa shape index (κ1) is 14.6. The van der Waals surface area contributed by atoms with Crippen molar-refractivity contribution in [1.82, 2.24) is 10.3 Å². The third-order valence-corrected chi connectivity index (χ3v) is 3.61. The van der Waals surface area contributed by atoms with Gasteiger partial charge in [0.15, 0.2) is 0 Å². The Morgan fingerprint density at radius 2 is 2.35 bits per heavy atom. The van der Waals surface area contributed by atoms with Gasteiger partial charge in [-0.2, -0.15) is 0 Å². The SMILES string of the molecule is CCCC(C)(CNCCOC)Cc1cscn1. The summed E-state index contributed by atoms with van der Waals surface area (Å²) < 4.78 is 5.05. The van der Waals surface area contributed by atoms with E-state index in [1.54, 1.807) is 18.4 Å². The molecule has 0 aliphatic rings. The summed E-state index contributed by atoms with van der Waals surface area (Å²) in [6.45, 7) is 7.32. The fourth-order valence-electron chi connectivity index (χ4n) is 2.17. The molecule has 98 valence electrons. The Kier molecular flexibility index (Phi) is 6.70. The lowest BCUT2D eigenvalue weighted by molar-refractivity contribution is 0.189. The molecule has 0 saturated heterocycles. The van der Waals surface area contributed by atoms with E-state index in [9.17, 15) is 0 Å². The number of thiazole rings is 1. The minimum absolute atomic E-state index is 0.302. The molecule has 0 saturated carbocycles. The van der Waals surface area contributed by atoms with Crippen molar-refractivity contribution < 1.29 is 4.74 Å². The van der Waals surface area contributed by atoms with Crippen LogP contribution in [0.15, 0.2) is 10.9 Å². The number of hydrogen-bond acceptors (Lipinski definition) is 4. The van der Waals surface area contributed by atoms with Gasteiger partial charge in [0.05, 0.1) is 17.8 Å². The lowest BCUT2D eigenvalue weighted by Gasteiger charge is -2.29. The summed E-state index contributed by atoms with van der Waals surface area (Å²) in [5.41, 5.74) is 3.44. The molecule has 1 N–H and O–H groups in total. The maximum absolute atomic E-state index is 5.05. The zero-order valence-electron chi connectivity index (χ0n) is 11.2. The van der Waals surface area contributed by atoms with Gasteiger partial charge >= 0.3 is 0 Å². The van der Waals surface area contributed by atoms with Crippen molar-refractivity contribution >= 4 is 11.3 Å². The molecule has 0 aliphatic heterocycles. The number of methoxy groups -OCH3 is 1. The van der Waals surface area contributed by atoms with Crippen LogP contribution in [0.2, 0.25) is 0 Å². The Bertz CT molecular complexity index is 290. The maximum atomic E-state index is 5.05. The first-order chi connectivity index (χ1) is 8.20. The molecule has 1 aromatic rings. The molecule has 3 nitrogen and oxygen atoms in total. The molecule has 1 heterocycles. The van der Waals surface area contributed by atoms with E-state index in [4.69, 9.17) is 4.74 Å². The van der Waals surface area contributed by atoms with Crippen LogP contribution in [0.3, 0.4) is 0 Å². The second-order valence-corrected chi connectivity index (χ2v) is 5.61. The average Bonchev–Trinajstić information content (AvgIpc) is 2.77. The first-order valence-corrected chi connectivity index (χ1v) is 7.21. The summed E-state index contributed by atoms with van der Waals surface area (Å²) in [6.07, 6.45) is 3.50. The van der Waals surface area contributed by atoms with Gasteiger partial charge in [0.1, 0.15) is 0 Å². The van der Waals surface area contributed by atoms with Gasteiger partial charge in [-0.3, -0.25) is 0 Å². The van der Waals surface area contributed by atoms with Crippen LogP contribution >= 0.6 is 11.3 Å². The monoisotopic (exact) mass is 256 g/mol. The molecule has 0 fully saturated rings. The molecular weight excluding hydrogens is 232 g/mol. The first-order valence-electron chi connectivity index (χ1n) is 6.27. The second kappa shape index (κ2) is 7.80. The third-order valence-electron chi connectivity index (χ3n) is 2.98. The van der Waals surface area contributed by atoms with E-state index >= 15 is 0 Å². The Hall–Kier alpha value is -0.450. The van der Waals surface area contributed by atoms with Gasteiger partial charge < -0.3 is 10.1 Å². The third kappa shape index (κ3) is 5.61. The predicted molar refractivity (Wildman–Crippen MR) is 73.6 cm³/mol. The van der Waals surface area contributed by atoms with Gasteiger partial charge in [-0.25, -0.2) is 4.98 Å². The van der Waals surface area contributed by atoms with Crippen LogP contribution in [-0.2, 0) is 11.2 Å². The summed E-state index contributed by atoms with van der Waals surface area (Å²) in [5.74, 6) is 0. The molecule has 4 heteroatoms. The van der Waals surface area contributed by atoms with E-state index in [1.165, 1.54) is 18.5 Å². The molecule has 0 radical (unpaired) electrons. The molecular formula is C13H24N2OS. The second-order valence-electron chi connectivity index (χ2n) is 4.89. The smallest absolute Gasteiger partial charge is 0.0794 e. The lowest BCUT2D eigenvalue weighted by Crippen LogP contribution is -2.35. The van der Waals surface area contributed by atoms with E-state index in [-0.39, 0.29) is 0 Å². The topological polar surface area (TPSA) is 34.1 Å². The minimum atomic E-state index is 0.302. The number of hydrogen-bond donors (Lipinski definition) is 1. The van der Waals surface area contributed by atoms with Gasteiger partial charge in [-0.05, 0) is 18.3 Å². The molecule has 0 aromatic carbocycles. The Morgan fingerprint density at radius 1 is 1.53 bits per heavy atom. The zero-order chi connectivity index (χ0) is 12.6. The van der Waals surface area contributed by atoms with Crippen molar-refractivity contribution in [2.45, 2.75) is 33.1 Å². The molecule has 1 atom stereocenters. The highest BCUT2D eigenvalue weighted by Gasteiger charge is 2.24.